The fourth-order valence-electron chi connectivity index (χ4n) is 0.826. The van der Waals surface area contributed by atoms with Gasteiger partial charge < -0.3 is 5.11 Å². The van der Waals surface area contributed by atoms with Crippen LogP contribution in [0.2, 0.25) is 0 Å². The number of rotatable bonds is 2. The molecule has 0 heterocycles. The van der Waals surface area contributed by atoms with E-state index in [4.69, 9.17) is 0 Å². The van der Waals surface area contributed by atoms with Crippen molar-refractivity contribution >= 4 is 28.3 Å². The summed E-state index contributed by atoms with van der Waals surface area (Å²) in [7, 11) is 0. The average Bonchev–Trinajstić information content (AvgIpc) is 2.04. The van der Waals surface area contributed by atoms with Crippen LogP contribution in [-0.2, 0) is 4.79 Å². The Morgan fingerprint density at radius 2 is 2.17 bits per heavy atom. The molecule has 62 valence electrons. The minimum atomic E-state index is 0.155. The monoisotopic (exact) mass is 226 g/mol. The molecule has 0 aliphatic rings. The van der Waals surface area contributed by atoms with Crippen LogP contribution in [0.3, 0.4) is 0 Å². The van der Waals surface area contributed by atoms with Crippen LogP contribution in [0.15, 0.2) is 28.7 Å². The first kappa shape index (κ1) is 9.00. The molecule has 0 saturated carbocycles. The van der Waals surface area contributed by atoms with Crippen LogP contribution in [-0.4, -0.2) is 11.4 Å². The molecule has 0 atom stereocenters. The van der Waals surface area contributed by atoms with Crippen LogP contribution >= 0.6 is 15.9 Å². The first-order chi connectivity index (χ1) is 5.75. The van der Waals surface area contributed by atoms with Gasteiger partial charge in [-0.05, 0) is 24.3 Å². The topological polar surface area (TPSA) is 37.3 Å². The van der Waals surface area contributed by atoms with E-state index in [2.05, 4.69) is 15.9 Å². The van der Waals surface area contributed by atoms with Gasteiger partial charge in [-0.25, -0.2) is 0 Å². The molecule has 0 saturated heterocycles. The molecule has 0 spiro atoms. The third-order valence-electron chi connectivity index (χ3n) is 1.37. The molecular formula is C9H7BrO2. The Morgan fingerprint density at radius 1 is 1.42 bits per heavy atom. The van der Waals surface area contributed by atoms with Crippen LogP contribution in [0.1, 0.15) is 5.56 Å². The minimum absolute atomic E-state index is 0.155. The molecule has 0 aromatic heterocycles. The van der Waals surface area contributed by atoms with Gasteiger partial charge in [-0.15, -0.1) is 0 Å². The van der Waals surface area contributed by atoms with Crippen molar-refractivity contribution in [1.82, 2.24) is 0 Å². The van der Waals surface area contributed by atoms with Crippen molar-refractivity contribution < 1.29 is 9.90 Å². The SMILES string of the molecule is O=CC=Cc1c(O)cccc1Br. The van der Waals surface area contributed by atoms with Crippen molar-refractivity contribution in [3.05, 3.63) is 34.3 Å². The van der Waals surface area contributed by atoms with Crippen molar-refractivity contribution in [2.75, 3.05) is 0 Å². The van der Waals surface area contributed by atoms with Gasteiger partial charge in [-0.3, -0.25) is 4.79 Å². The summed E-state index contributed by atoms with van der Waals surface area (Å²) in [6.07, 6.45) is 3.55. The highest BCUT2D eigenvalue weighted by Gasteiger charge is 1.99. The molecule has 0 bridgehead atoms. The normalized spacial score (nSPS) is 10.4. The second kappa shape index (κ2) is 4.07. The highest BCUT2D eigenvalue weighted by atomic mass is 79.9. The zero-order chi connectivity index (χ0) is 8.97. The molecule has 2 nitrogen and oxygen atoms in total. The zero-order valence-corrected chi connectivity index (χ0v) is 7.78. The highest BCUT2D eigenvalue weighted by Crippen LogP contribution is 2.26. The standard InChI is InChI=1S/C9H7BrO2/c10-8-4-1-5-9(12)7(8)3-2-6-11/h1-6,12H. The van der Waals surface area contributed by atoms with Gasteiger partial charge in [0, 0.05) is 10.0 Å². The zero-order valence-electron chi connectivity index (χ0n) is 6.20. The van der Waals surface area contributed by atoms with Gasteiger partial charge in [-0.2, -0.15) is 0 Å². The number of hydrogen-bond acceptors (Lipinski definition) is 2. The van der Waals surface area contributed by atoms with E-state index < -0.39 is 0 Å². The summed E-state index contributed by atoms with van der Waals surface area (Å²) in [5, 5.41) is 9.32. The number of aldehydes is 1. The first-order valence-electron chi connectivity index (χ1n) is 3.35. The Hall–Kier alpha value is -1.09. The number of aromatic hydroxyl groups is 1. The van der Waals surface area contributed by atoms with E-state index in [0.29, 0.717) is 11.8 Å². The lowest BCUT2D eigenvalue weighted by atomic mass is 10.2. The van der Waals surface area contributed by atoms with Crippen LogP contribution in [0.25, 0.3) is 6.08 Å². The number of phenols is 1. The number of carbonyl (C=O) groups is 1. The Labute approximate surface area is 78.7 Å². The molecule has 1 aromatic rings. The second-order valence-corrected chi connectivity index (χ2v) is 3.02. The lowest BCUT2D eigenvalue weighted by Gasteiger charge is -1.99. The highest BCUT2D eigenvalue weighted by molar-refractivity contribution is 9.10. The maximum atomic E-state index is 10.0. The number of phenolic OH excluding ortho intramolecular Hbond substituents is 1. The molecule has 0 fully saturated rings. The predicted molar refractivity (Wildman–Crippen MR) is 50.9 cm³/mol. The number of carbonyl (C=O) groups excluding carboxylic acids is 1. The summed E-state index contributed by atoms with van der Waals surface area (Å²) in [6, 6.07) is 5.08. The van der Waals surface area contributed by atoms with E-state index in [1.165, 1.54) is 6.08 Å². The van der Waals surface area contributed by atoms with E-state index in [0.717, 1.165) is 4.47 Å². The van der Waals surface area contributed by atoms with Gasteiger partial charge in [-0.1, -0.05) is 22.0 Å². The van der Waals surface area contributed by atoms with E-state index in [9.17, 15) is 9.90 Å². The van der Waals surface area contributed by atoms with Crippen LogP contribution < -0.4 is 0 Å². The van der Waals surface area contributed by atoms with Gasteiger partial charge in [0.2, 0.25) is 0 Å². The van der Waals surface area contributed by atoms with Gasteiger partial charge in [0.05, 0.1) is 0 Å². The Bertz CT molecular complexity index is 298. The average molecular weight is 227 g/mol. The lowest BCUT2D eigenvalue weighted by molar-refractivity contribution is -0.104. The van der Waals surface area contributed by atoms with Crippen LogP contribution in [0.4, 0.5) is 0 Å². The molecule has 3 heteroatoms. The fraction of sp³-hybridized carbons (Fsp3) is 0. The molecular weight excluding hydrogens is 220 g/mol. The molecule has 0 unspecified atom stereocenters. The molecule has 0 aliphatic carbocycles. The molecule has 12 heavy (non-hydrogen) atoms. The van der Waals surface area contributed by atoms with Gasteiger partial charge in [0.1, 0.15) is 12.0 Å². The quantitative estimate of drug-likeness (QED) is 0.622. The molecule has 1 rings (SSSR count). The van der Waals surface area contributed by atoms with Crippen LogP contribution in [0.5, 0.6) is 5.75 Å². The first-order valence-corrected chi connectivity index (χ1v) is 4.14. The van der Waals surface area contributed by atoms with Gasteiger partial charge >= 0.3 is 0 Å². The molecule has 0 radical (unpaired) electrons. The Kier molecular flexibility index (Phi) is 3.05. The van der Waals surface area contributed by atoms with Crippen molar-refractivity contribution in [3.8, 4) is 5.75 Å². The lowest BCUT2D eigenvalue weighted by Crippen LogP contribution is -1.76. The Balaban J connectivity index is 3.12. The number of benzene rings is 1. The smallest absolute Gasteiger partial charge is 0.142 e. The molecule has 1 aromatic carbocycles. The molecule has 0 aliphatic heterocycles. The summed E-state index contributed by atoms with van der Waals surface area (Å²) in [6.45, 7) is 0. The van der Waals surface area contributed by atoms with Gasteiger partial charge in [0.25, 0.3) is 0 Å². The number of halogens is 1. The molecule has 1 N–H and O–H groups in total. The number of hydrogen-bond donors (Lipinski definition) is 1. The van der Waals surface area contributed by atoms with E-state index in [1.807, 2.05) is 0 Å². The minimum Gasteiger partial charge on any atom is -0.507 e. The third-order valence-corrected chi connectivity index (χ3v) is 2.06. The summed E-state index contributed by atoms with van der Waals surface area (Å²) >= 11 is 3.25. The molecule has 0 amide bonds. The summed E-state index contributed by atoms with van der Waals surface area (Å²) in [5.41, 5.74) is 0.615. The largest absolute Gasteiger partial charge is 0.507 e. The number of allylic oxidation sites excluding steroid dienone is 1. The predicted octanol–water partition coefficient (Wildman–Crippen LogP) is 2.37. The fourth-order valence-corrected chi connectivity index (χ4v) is 1.31. The maximum absolute atomic E-state index is 10.0. The van der Waals surface area contributed by atoms with E-state index in [1.54, 1.807) is 24.3 Å². The van der Waals surface area contributed by atoms with E-state index in [-0.39, 0.29) is 5.75 Å². The van der Waals surface area contributed by atoms with Crippen molar-refractivity contribution in [1.29, 1.82) is 0 Å². The summed E-state index contributed by atoms with van der Waals surface area (Å²) in [5.74, 6) is 0.155. The van der Waals surface area contributed by atoms with E-state index >= 15 is 0 Å². The third kappa shape index (κ3) is 1.95. The Morgan fingerprint density at radius 3 is 2.75 bits per heavy atom. The van der Waals surface area contributed by atoms with Crippen molar-refractivity contribution in [2.45, 2.75) is 0 Å². The summed E-state index contributed by atoms with van der Waals surface area (Å²) < 4.78 is 0.764. The van der Waals surface area contributed by atoms with Crippen molar-refractivity contribution in [3.63, 3.8) is 0 Å². The second-order valence-electron chi connectivity index (χ2n) is 2.17. The van der Waals surface area contributed by atoms with Crippen LogP contribution in [0, 0.1) is 0 Å². The summed E-state index contributed by atoms with van der Waals surface area (Å²) in [4.78, 5) is 10.0. The maximum Gasteiger partial charge on any atom is 0.142 e. The van der Waals surface area contributed by atoms with Gasteiger partial charge in [0.15, 0.2) is 0 Å². The van der Waals surface area contributed by atoms with Crippen molar-refractivity contribution in [2.24, 2.45) is 0 Å².